The Kier molecular flexibility index (Phi) is 5.24. The van der Waals surface area contributed by atoms with Gasteiger partial charge in [0.1, 0.15) is 5.82 Å². The third-order valence-electron chi connectivity index (χ3n) is 2.49. The second-order valence-electron chi connectivity index (χ2n) is 4.57. The van der Waals surface area contributed by atoms with Crippen LogP contribution in [0.4, 0.5) is 15.8 Å². The molecule has 1 rings (SSSR count). The second-order valence-corrected chi connectivity index (χ2v) is 4.98. The SMILES string of the molecule is CC(C)CN(CCC#N)c1cc(F)c(Cl)cc1N. The van der Waals surface area contributed by atoms with E-state index >= 15 is 0 Å². The van der Waals surface area contributed by atoms with E-state index in [2.05, 4.69) is 19.9 Å². The maximum absolute atomic E-state index is 13.5. The highest BCUT2D eigenvalue weighted by Crippen LogP contribution is 2.29. The minimum atomic E-state index is -0.494. The number of nitrogens with zero attached hydrogens (tertiary/aromatic N) is 2. The maximum atomic E-state index is 13.5. The van der Waals surface area contributed by atoms with E-state index in [1.54, 1.807) is 0 Å². The lowest BCUT2D eigenvalue weighted by molar-refractivity contribution is 0.604. The van der Waals surface area contributed by atoms with Gasteiger partial charge in [-0.3, -0.25) is 0 Å². The van der Waals surface area contributed by atoms with Gasteiger partial charge in [-0.1, -0.05) is 25.4 Å². The van der Waals surface area contributed by atoms with Crippen molar-refractivity contribution in [1.82, 2.24) is 0 Å². The number of hydrogen-bond acceptors (Lipinski definition) is 3. The first-order valence-electron chi connectivity index (χ1n) is 5.82. The molecule has 0 fully saturated rings. The van der Waals surface area contributed by atoms with Crippen molar-refractivity contribution >= 4 is 23.0 Å². The smallest absolute Gasteiger partial charge is 0.144 e. The van der Waals surface area contributed by atoms with E-state index in [0.29, 0.717) is 36.8 Å². The lowest BCUT2D eigenvalue weighted by Gasteiger charge is -2.27. The molecular formula is C13H17ClFN3. The molecule has 0 aliphatic rings. The molecule has 1 aromatic carbocycles. The molecule has 0 radical (unpaired) electrons. The maximum Gasteiger partial charge on any atom is 0.144 e. The first-order chi connectivity index (χ1) is 8.45. The van der Waals surface area contributed by atoms with Gasteiger partial charge in [-0.15, -0.1) is 0 Å². The van der Waals surface area contributed by atoms with Crippen molar-refractivity contribution in [2.45, 2.75) is 20.3 Å². The van der Waals surface area contributed by atoms with Crippen molar-refractivity contribution in [2.75, 3.05) is 23.7 Å². The van der Waals surface area contributed by atoms with Gasteiger partial charge in [0.25, 0.3) is 0 Å². The number of anilines is 2. The van der Waals surface area contributed by atoms with Gasteiger partial charge in [-0.25, -0.2) is 4.39 Å². The average Bonchev–Trinajstić information content (AvgIpc) is 2.29. The van der Waals surface area contributed by atoms with E-state index in [1.165, 1.54) is 12.1 Å². The normalized spacial score (nSPS) is 10.4. The van der Waals surface area contributed by atoms with Crippen LogP contribution in [0.2, 0.25) is 5.02 Å². The van der Waals surface area contributed by atoms with E-state index in [-0.39, 0.29) is 5.02 Å². The van der Waals surface area contributed by atoms with Crippen molar-refractivity contribution in [2.24, 2.45) is 5.92 Å². The standard InChI is InChI=1S/C13H17ClFN3/c1-9(2)8-18(5-3-4-16)13-7-11(15)10(14)6-12(13)17/h6-7,9H,3,5,8,17H2,1-2H3. The van der Waals surface area contributed by atoms with Crippen molar-refractivity contribution < 1.29 is 4.39 Å². The summed E-state index contributed by atoms with van der Waals surface area (Å²) in [5.41, 5.74) is 6.89. The van der Waals surface area contributed by atoms with Crippen LogP contribution < -0.4 is 10.6 Å². The summed E-state index contributed by atoms with van der Waals surface area (Å²) in [5.74, 6) is -0.103. The number of hydrogen-bond donors (Lipinski definition) is 1. The number of nitrogen functional groups attached to an aromatic ring is 1. The predicted molar refractivity (Wildman–Crippen MR) is 73.1 cm³/mol. The molecule has 0 saturated carbocycles. The average molecular weight is 270 g/mol. The predicted octanol–water partition coefficient (Wildman–Crippen LogP) is 3.44. The van der Waals surface area contributed by atoms with Gasteiger partial charge in [0.05, 0.1) is 28.9 Å². The van der Waals surface area contributed by atoms with Crippen molar-refractivity contribution in [3.05, 3.63) is 23.0 Å². The van der Waals surface area contributed by atoms with Crippen molar-refractivity contribution in [3.63, 3.8) is 0 Å². The molecule has 18 heavy (non-hydrogen) atoms. The van der Waals surface area contributed by atoms with Gasteiger partial charge >= 0.3 is 0 Å². The minimum Gasteiger partial charge on any atom is -0.397 e. The summed E-state index contributed by atoms with van der Waals surface area (Å²) in [6.45, 7) is 5.36. The number of halogens is 2. The van der Waals surface area contributed by atoms with Crippen LogP contribution in [-0.2, 0) is 0 Å². The summed E-state index contributed by atoms with van der Waals surface area (Å²) in [5, 5.41) is 8.68. The molecule has 0 unspecified atom stereocenters. The molecule has 0 spiro atoms. The van der Waals surface area contributed by atoms with Crippen LogP contribution in [0.3, 0.4) is 0 Å². The highest BCUT2D eigenvalue weighted by atomic mass is 35.5. The topological polar surface area (TPSA) is 53.0 Å². The Morgan fingerprint density at radius 2 is 2.17 bits per heavy atom. The molecule has 0 saturated heterocycles. The lowest BCUT2D eigenvalue weighted by atomic mass is 10.1. The number of benzene rings is 1. The largest absolute Gasteiger partial charge is 0.397 e. The zero-order valence-electron chi connectivity index (χ0n) is 10.6. The monoisotopic (exact) mass is 269 g/mol. The summed E-state index contributed by atoms with van der Waals surface area (Å²) >= 11 is 5.67. The van der Waals surface area contributed by atoms with E-state index in [0.717, 1.165) is 0 Å². The van der Waals surface area contributed by atoms with Crippen LogP contribution in [0.15, 0.2) is 12.1 Å². The summed E-state index contributed by atoms with van der Waals surface area (Å²) in [6, 6.07) is 4.82. The summed E-state index contributed by atoms with van der Waals surface area (Å²) < 4.78 is 13.5. The Balaban J connectivity index is 3.04. The van der Waals surface area contributed by atoms with Crippen LogP contribution in [0, 0.1) is 23.1 Å². The highest BCUT2D eigenvalue weighted by Gasteiger charge is 2.14. The first-order valence-corrected chi connectivity index (χ1v) is 6.20. The third-order valence-corrected chi connectivity index (χ3v) is 2.78. The molecule has 0 bridgehead atoms. The quantitative estimate of drug-likeness (QED) is 0.833. The third kappa shape index (κ3) is 3.78. The molecular weight excluding hydrogens is 253 g/mol. The molecule has 1 aromatic rings. The summed E-state index contributed by atoms with van der Waals surface area (Å²) in [4.78, 5) is 1.92. The number of nitrogens with two attached hydrogens (primary N) is 1. The van der Waals surface area contributed by atoms with Crippen LogP contribution >= 0.6 is 11.6 Å². The van der Waals surface area contributed by atoms with E-state index in [9.17, 15) is 4.39 Å². The molecule has 0 aromatic heterocycles. The Morgan fingerprint density at radius 3 is 2.72 bits per heavy atom. The van der Waals surface area contributed by atoms with Crippen LogP contribution in [0.25, 0.3) is 0 Å². The Labute approximate surface area is 112 Å². The molecule has 0 aliphatic heterocycles. The zero-order chi connectivity index (χ0) is 13.7. The molecule has 5 heteroatoms. The zero-order valence-corrected chi connectivity index (χ0v) is 11.3. The lowest BCUT2D eigenvalue weighted by Crippen LogP contribution is -2.29. The molecule has 0 heterocycles. The van der Waals surface area contributed by atoms with Gasteiger partial charge in [-0.05, 0) is 12.0 Å². The van der Waals surface area contributed by atoms with Crippen molar-refractivity contribution in [3.8, 4) is 6.07 Å². The molecule has 3 nitrogen and oxygen atoms in total. The van der Waals surface area contributed by atoms with Crippen LogP contribution in [0.5, 0.6) is 0 Å². The highest BCUT2D eigenvalue weighted by molar-refractivity contribution is 6.31. The number of nitriles is 1. The number of rotatable bonds is 5. The van der Waals surface area contributed by atoms with Gasteiger partial charge in [0.15, 0.2) is 0 Å². The fourth-order valence-electron chi connectivity index (χ4n) is 1.76. The molecule has 0 atom stereocenters. The fourth-order valence-corrected chi connectivity index (χ4v) is 1.93. The van der Waals surface area contributed by atoms with E-state index in [1.807, 2.05) is 4.90 Å². The van der Waals surface area contributed by atoms with Gasteiger partial charge in [0.2, 0.25) is 0 Å². The molecule has 2 N–H and O–H groups in total. The van der Waals surface area contributed by atoms with Gasteiger partial charge in [-0.2, -0.15) is 5.26 Å². The minimum absolute atomic E-state index is 0.0148. The fraction of sp³-hybridized carbons (Fsp3) is 0.462. The van der Waals surface area contributed by atoms with Crippen LogP contribution in [-0.4, -0.2) is 13.1 Å². The summed E-state index contributed by atoms with van der Waals surface area (Å²) in [7, 11) is 0. The van der Waals surface area contributed by atoms with E-state index in [4.69, 9.17) is 22.6 Å². The van der Waals surface area contributed by atoms with Crippen LogP contribution in [0.1, 0.15) is 20.3 Å². The first kappa shape index (κ1) is 14.6. The Morgan fingerprint density at radius 1 is 1.50 bits per heavy atom. The summed E-state index contributed by atoms with van der Waals surface area (Å²) in [6.07, 6.45) is 0.371. The van der Waals surface area contributed by atoms with Crippen molar-refractivity contribution in [1.29, 1.82) is 5.26 Å². The molecule has 0 aliphatic carbocycles. The van der Waals surface area contributed by atoms with Gasteiger partial charge < -0.3 is 10.6 Å². The van der Waals surface area contributed by atoms with E-state index < -0.39 is 5.82 Å². The molecule has 0 amide bonds. The second kappa shape index (κ2) is 6.46. The Hall–Kier alpha value is -1.47. The molecule has 98 valence electrons. The Bertz CT molecular complexity index is 454. The van der Waals surface area contributed by atoms with Gasteiger partial charge in [0, 0.05) is 19.2 Å².